The molecule has 1 amide bonds. The monoisotopic (exact) mass is 388 g/mol. The highest BCUT2D eigenvalue weighted by Gasteiger charge is 2.21. The standard InChI is InChI=1S/C19H21BrN2O2/c20-18-7-2-1-4-15(18)13-24-17-6-3-5-14(12-17)19(23)22-10-8-16(21)9-11-22/h1-7,12,16H,8-11,13,21H2. The molecule has 3 rings (SSSR count). The Balaban J connectivity index is 1.65. The Morgan fingerprint density at radius 3 is 2.67 bits per heavy atom. The van der Waals surface area contributed by atoms with E-state index >= 15 is 0 Å². The summed E-state index contributed by atoms with van der Waals surface area (Å²) in [5.41, 5.74) is 7.64. The van der Waals surface area contributed by atoms with E-state index in [1.165, 1.54) is 0 Å². The summed E-state index contributed by atoms with van der Waals surface area (Å²) in [5.74, 6) is 0.749. The third-order valence-electron chi connectivity index (χ3n) is 4.26. The van der Waals surface area contributed by atoms with Gasteiger partial charge in [0.15, 0.2) is 0 Å². The van der Waals surface area contributed by atoms with E-state index in [-0.39, 0.29) is 11.9 Å². The SMILES string of the molecule is NC1CCN(C(=O)c2cccc(OCc3ccccc3Br)c2)CC1. The molecule has 2 N–H and O–H groups in total. The lowest BCUT2D eigenvalue weighted by Gasteiger charge is -2.30. The summed E-state index contributed by atoms with van der Waals surface area (Å²) in [6, 6.07) is 15.5. The number of benzene rings is 2. The molecule has 5 heteroatoms. The van der Waals surface area contributed by atoms with Crippen LogP contribution in [0.25, 0.3) is 0 Å². The molecule has 0 atom stereocenters. The Hall–Kier alpha value is -1.85. The van der Waals surface area contributed by atoms with Crippen LogP contribution in [0.3, 0.4) is 0 Å². The molecule has 126 valence electrons. The molecule has 1 heterocycles. The van der Waals surface area contributed by atoms with E-state index in [9.17, 15) is 4.79 Å². The molecule has 4 nitrogen and oxygen atoms in total. The maximum Gasteiger partial charge on any atom is 0.253 e. The molecule has 0 radical (unpaired) electrons. The largest absolute Gasteiger partial charge is 0.489 e. The topological polar surface area (TPSA) is 55.6 Å². The van der Waals surface area contributed by atoms with Crippen molar-refractivity contribution in [1.29, 1.82) is 0 Å². The van der Waals surface area contributed by atoms with Gasteiger partial charge < -0.3 is 15.4 Å². The van der Waals surface area contributed by atoms with Crippen LogP contribution in [0.4, 0.5) is 0 Å². The van der Waals surface area contributed by atoms with Gasteiger partial charge in [0.2, 0.25) is 0 Å². The highest BCUT2D eigenvalue weighted by atomic mass is 79.9. The summed E-state index contributed by atoms with van der Waals surface area (Å²) >= 11 is 3.51. The van der Waals surface area contributed by atoms with Crippen LogP contribution in [0.5, 0.6) is 5.75 Å². The maximum absolute atomic E-state index is 12.6. The molecule has 1 fully saturated rings. The summed E-state index contributed by atoms with van der Waals surface area (Å²) in [6.07, 6.45) is 1.73. The molecule has 1 aliphatic heterocycles. The van der Waals surface area contributed by atoms with Crippen molar-refractivity contribution in [3.05, 3.63) is 64.1 Å². The van der Waals surface area contributed by atoms with Gasteiger partial charge in [0.1, 0.15) is 12.4 Å². The first-order chi connectivity index (χ1) is 11.6. The third kappa shape index (κ3) is 4.16. The molecule has 2 aromatic rings. The smallest absolute Gasteiger partial charge is 0.253 e. The molecule has 2 aromatic carbocycles. The third-order valence-corrected chi connectivity index (χ3v) is 5.03. The van der Waals surface area contributed by atoms with Gasteiger partial charge in [-0.3, -0.25) is 4.79 Å². The van der Waals surface area contributed by atoms with Crippen LogP contribution >= 0.6 is 15.9 Å². The first-order valence-electron chi connectivity index (χ1n) is 8.14. The van der Waals surface area contributed by atoms with Crippen LogP contribution in [0.1, 0.15) is 28.8 Å². The lowest BCUT2D eigenvalue weighted by atomic mass is 10.0. The van der Waals surface area contributed by atoms with Crippen molar-refractivity contribution in [3.8, 4) is 5.75 Å². The predicted molar refractivity (Wildman–Crippen MR) is 98.0 cm³/mol. The van der Waals surface area contributed by atoms with Crippen LogP contribution < -0.4 is 10.5 Å². The van der Waals surface area contributed by atoms with E-state index in [0.29, 0.717) is 17.9 Å². The van der Waals surface area contributed by atoms with E-state index in [0.717, 1.165) is 36.0 Å². The number of hydrogen-bond donors (Lipinski definition) is 1. The average Bonchev–Trinajstić information content (AvgIpc) is 2.61. The molecule has 1 aliphatic rings. The van der Waals surface area contributed by atoms with E-state index < -0.39 is 0 Å². The normalized spacial score (nSPS) is 15.3. The average molecular weight is 389 g/mol. The Kier molecular flexibility index (Phi) is 5.53. The fourth-order valence-electron chi connectivity index (χ4n) is 2.78. The predicted octanol–water partition coefficient (Wildman–Crippen LogP) is 3.59. The van der Waals surface area contributed by atoms with Crippen LogP contribution in [0.2, 0.25) is 0 Å². The molecule has 24 heavy (non-hydrogen) atoms. The first kappa shape index (κ1) is 17.0. The van der Waals surface area contributed by atoms with Crippen molar-refractivity contribution >= 4 is 21.8 Å². The van der Waals surface area contributed by atoms with Crippen molar-refractivity contribution in [2.75, 3.05) is 13.1 Å². The molecular weight excluding hydrogens is 368 g/mol. The van der Waals surface area contributed by atoms with E-state index in [4.69, 9.17) is 10.5 Å². The van der Waals surface area contributed by atoms with Crippen molar-refractivity contribution in [1.82, 2.24) is 4.90 Å². The van der Waals surface area contributed by atoms with E-state index in [1.807, 2.05) is 53.4 Å². The summed E-state index contributed by atoms with van der Waals surface area (Å²) < 4.78 is 6.86. The van der Waals surface area contributed by atoms with Crippen LogP contribution in [-0.2, 0) is 6.61 Å². The lowest BCUT2D eigenvalue weighted by Crippen LogP contribution is -2.42. The lowest BCUT2D eigenvalue weighted by molar-refractivity contribution is 0.0714. The number of piperidine rings is 1. The molecule has 0 aromatic heterocycles. The number of carbonyl (C=O) groups excluding carboxylic acids is 1. The van der Waals surface area contributed by atoms with Gasteiger partial charge in [0.25, 0.3) is 5.91 Å². The van der Waals surface area contributed by atoms with Crippen molar-refractivity contribution in [2.24, 2.45) is 5.73 Å². The summed E-state index contributed by atoms with van der Waals surface area (Å²) in [4.78, 5) is 14.5. The number of nitrogens with zero attached hydrogens (tertiary/aromatic N) is 1. The Morgan fingerprint density at radius 1 is 1.17 bits per heavy atom. The van der Waals surface area contributed by atoms with Crippen LogP contribution in [-0.4, -0.2) is 29.9 Å². The number of nitrogens with two attached hydrogens (primary N) is 1. The highest BCUT2D eigenvalue weighted by molar-refractivity contribution is 9.10. The number of rotatable bonds is 4. The minimum atomic E-state index is 0.0493. The highest BCUT2D eigenvalue weighted by Crippen LogP contribution is 2.21. The number of hydrogen-bond acceptors (Lipinski definition) is 3. The summed E-state index contributed by atoms with van der Waals surface area (Å²) in [6.45, 7) is 1.90. The fourth-order valence-corrected chi connectivity index (χ4v) is 3.18. The molecular formula is C19H21BrN2O2. The van der Waals surface area contributed by atoms with Gasteiger partial charge in [0, 0.05) is 34.7 Å². The number of likely N-dealkylation sites (tertiary alicyclic amines) is 1. The Bertz CT molecular complexity index is 712. The Morgan fingerprint density at radius 2 is 1.92 bits per heavy atom. The number of amides is 1. The molecule has 0 aliphatic carbocycles. The van der Waals surface area contributed by atoms with Crippen molar-refractivity contribution in [3.63, 3.8) is 0 Å². The fraction of sp³-hybridized carbons (Fsp3) is 0.316. The zero-order chi connectivity index (χ0) is 16.9. The van der Waals surface area contributed by atoms with Gasteiger partial charge in [-0.05, 0) is 37.1 Å². The van der Waals surface area contributed by atoms with E-state index in [1.54, 1.807) is 0 Å². The first-order valence-corrected chi connectivity index (χ1v) is 8.94. The number of halogens is 1. The maximum atomic E-state index is 12.6. The zero-order valence-electron chi connectivity index (χ0n) is 13.5. The molecule has 0 saturated carbocycles. The summed E-state index contributed by atoms with van der Waals surface area (Å²) in [7, 11) is 0. The van der Waals surface area contributed by atoms with Gasteiger partial charge in [-0.15, -0.1) is 0 Å². The minimum absolute atomic E-state index is 0.0493. The Labute approximate surface area is 150 Å². The molecule has 0 unspecified atom stereocenters. The van der Waals surface area contributed by atoms with E-state index in [2.05, 4.69) is 15.9 Å². The van der Waals surface area contributed by atoms with Gasteiger partial charge in [0.05, 0.1) is 0 Å². The molecule has 1 saturated heterocycles. The number of carbonyl (C=O) groups is 1. The second-order valence-corrected chi connectivity index (χ2v) is 6.89. The van der Waals surface area contributed by atoms with Gasteiger partial charge in [-0.2, -0.15) is 0 Å². The van der Waals surface area contributed by atoms with Crippen molar-refractivity contribution in [2.45, 2.75) is 25.5 Å². The van der Waals surface area contributed by atoms with Crippen LogP contribution in [0, 0.1) is 0 Å². The van der Waals surface area contributed by atoms with Gasteiger partial charge >= 0.3 is 0 Å². The van der Waals surface area contributed by atoms with Gasteiger partial charge in [-0.1, -0.05) is 40.2 Å². The minimum Gasteiger partial charge on any atom is -0.489 e. The second-order valence-electron chi connectivity index (χ2n) is 6.04. The number of ether oxygens (including phenoxy) is 1. The summed E-state index contributed by atoms with van der Waals surface area (Å²) in [5, 5.41) is 0. The quantitative estimate of drug-likeness (QED) is 0.870. The van der Waals surface area contributed by atoms with Gasteiger partial charge in [-0.25, -0.2) is 0 Å². The molecule has 0 spiro atoms. The van der Waals surface area contributed by atoms with Crippen LogP contribution in [0.15, 0.2) is 53.0 Å². The molecule has 0 bridgehead atoms. The zero-order valence-corrected chi connectivity index (χ0v) is 15.0. The second kappa shape index (κ2) is 7.81. The van der Waals surface area contributed by atoms with Crippen molar-refractivity contribution < 1.29 is 9.53 Å².